The van der Waals surface area contributed by atoms with Crippen LogP contribution in [0.25, 0.3) is 11.0 Å². The second-order valence-electron chi connectivity index (χ2n) is 11.2. The highest BCUT2D eigenvalue weighted by molar-refractivity contribution is 5.78. The van der Waals surface area contributed by atoms with Crippen molar-refractivity contribution in [2.24, 2.45) is 5.92 Å². The molecule has 0 bridgehead atoms. The van der Waals surface area contributed by atoms with Crippen LogP contribution in [0.5, 0.6) is 5.75 Å². The maximum absolute atomic E-state index is 12.4. The maximum Gasteiger partial charge on any atom is 0.223 e. The first kappa shape index (κ1) is 26.2. The average Bonchev–Trinajstić information content (AvgIpc) is 3.24. The fourth-order valence-corrected chi connectivity index (χ4v) is 5.15. The fourth-order valence-electron chi connectivity index (χ4n) is 5.15. The number of carbonyl (C=O) groups excluding carboxylic acids is 1. The molecule has 5 heteroatoms. The minimum absolute atomic E-state index is 0.158. The molecule has 1 fully saturated rings. The van der Waals surface area contributed by atoms with Crippen LogP contribution in [0, 0.1) is 5.92 Å². The number of carbonyl (C=O) groups is 1. The van der Waals surface area contributed by atoms with Crippen LogP contribution in [0.1, 0.15) is 83.5 Å². The zero-order valence-corrected chi connectivity index (χ0v) is 22.4. The number of ether oxygens (including phenoxy) is 1. The van der Waals surface area contributed by atoms with Crippen LogP contribution < -0.4 is 10.1 Å². The van der Waals surface area contributed by atoms with E-state index >= 15 is 0 Å². The molecule has 4 rings (SSSR count). The third-order valence-corrected chi connectivity index (χ3v) is 7.35. The number of hydrogen-bond acceptors (Lipinski definition) is 3. The molecule has 1 aromatic heterocycles. The number of amides is 1. The lowest BCUT2D eigenvalue weighted by Gasteiger charge is -2.20. The van der Waals surface area contributed by atoms with Gasteiger partial charge in [0.25, 0.3) is 0 Å². The molecular weight excluding hydrogens is 446 g/mol. The molecule has 1 amide bonds. The number of imidazole rings is 1. The first-order chi connectivity index (χ1) is 17.4. The number of nitrogens with one attached hydrogen (secondary N) is 1. The Balaban J connectivity index is 1.25. The van der Waals surface area contributed by atoms with Crippen molar-refractivity contribution < 1.29 is 9.53 Å². The lowest BCUT2D eigenvalue weighted by atomic mass is 9.87. The summed E-state index contributed by atoms with van der Waals surface area (Å²) in [5.74, 6) is 2.52. The smallest absolute Gasteiger partial charge is 0.223 e. The molecule has 5 nitrogen and oxygen atoms in total. The second-order valence-corrected chi connectivity index (χ2v) is 11.2. The van der Waals surface area contributed by atoms with Gasteiger partial charge in [-0.1, -0.05) is 64.3 Å². The number of aryl methyl sites for hydroxylation is 2. The van der Waals surface area contributed by atoms with Gasteiger partial charge >= 0.3 is 0 Å². The molecule has 3 aromatic rings. The van der Waals surface area contributed by atoms with Gasteiger partial charge in [-0.2, -0.15) is 0 Å². The molecule has 0 atom stereocenters. The predicted molar refractivity (Wildman–Crippen MR) is 148 cm³/mol. The number of nitrogens with zero attached hydrogens (tertiary/aromatic N) is 2. The van der Waals surface area contributed by atoms with Gasteiger partial charge in [-0.15, -0.1) is 0 Å². The summed E-state index contributed by atoms with van der Waals surface area (Å²) in [6.07, 6.45) is 9.56. The zero-order valence-electron chi connectivity index (χ0n) is 22.4. The second kappa shape index (κ2) is 12.4. The Hall–Kier alpha value is -2.82. The molecule has 0 unspecified atom stereocenters. The molecule has 1 aliphatic carbocycles. The Labute approximate surface area is 216 Å². The first-order valence-electron chi connectivity index (χ1n) is 13.9. The molecular formula is C31H43N3O2. The minimum atomic E-state index is 0.158. The van der Waals surface area contributed by atoms with Crippen LogP contribution in [-0.2, 0) is 23.2 Å². The summed E-state index contributed by atoms with van der Waals surface area (Å²) in [4.78, 5) is 17.4. The molecule has 1 saturated carbocycles. The topological polar surface area (TPSA) is 56.1 Å². The zero-order chi connectivity index (χ0) is 25.4. The monoisotopic (exact) mass is 489 g/mol. The molecule has 0 saturated heterocycles. The Morgan fingerprint density at radius 3 is 2.50 bits per heavy atom. The molecule has 0 radical (unpaired) electrons. The van der Waals surface area contributed by atoms with Crippen molar-refractivity contribution in [3.05, 3.63) is 59.9 Å². The Morgan fingerprint density at radius 2 is 1.75 bits per heavy atom. The van der Waals surface area contributed by atoms with E-state index in [1.54, 1.807) is 0 Å². The van der Waals surface area contributed by atoms with Gasteiger partial charge in [-0.25, -0.2) is 4.98 Å². The summed E-state index contributed by atoms with van der Waals surface area (Å²) < 4.78 is 8.36. The minimum Gasteiger partial charge on any atom is -0.494 e. The van der Waals surface area contributed by atoms with Crippen LogP contribution >= 0.6 is 0 Å². The standard InChI is InChI=1S/C31H43N3O2/c1-31(2,3)25-17-19-26(20-18-25)36-23-10-9-22-34-28-15-8-7-14-27(28)33-29(34)16-11-21-32-30(35)24-12-5-4-6-13-24/h7-8,14-15,17-20,24H,4-6,9-13,16,21-23H2,1-3H3,(H,32,35). The highest BCUT2D eigenvalue weighted by atomic mass is 16.5. The van der Waals surface area contributed by atoms with E-state index in [9.17, 15) is 4.79 Å². The van der Waals surface area contributed by atoms with E-state index in [4.69, 9.17) is 9.72 Å². The van der Waals surface area contributed by atoms with Crippen LogP contribution in [-0.4, -0.2) is 28.6 Å². The number of rotatable bonds is 11. The van der Waals surface area contributed by atoms with Crippen molar-refractivity contribution in [1.82, 2.24) is 14.9 Å². The number of unbranched alkanes of at least 4 members (excludes halogenated alkanes) is 1. The van der Waals surface area contributed by atoms with Gasteiger partial charge in [-0.3, -0.25) is 4.79 Å². The molecule has 0 spiro atoms. The lowest BCUT2D eigenvalue weighted by molar-refractivity contribution is -0.125. The quantitative estimate of drug-likeness (QED) is 0.301. The highest BCUT2D eigenvalue weighted by Gasteiger charge is 2.20. The van der Waals surface area contributed by atoms with Gasteiger partial charge in [0.2, 0.25) is 5.91 Å². The van der Waals surface area contributed by atoms with Gasteiger partial charge in [0.1, 0.15) is 11.6 Å². The molecule has 1 N–H and O–H groups in total. The summed E-state index contributed by atoms with van der Waals surface area (Å²) >= 11 is 0. The van der Waals surface area contributed by atoms with Crippen LogP contribution in [0.3, 0.4) is 0 Å². The van der Waals surface area contributed by atoms with E-state index in [0.29, 0.717) is 6.61 Å². The largest absolute Gasteiger partial charge is 0.494 e. The van der Waals surface area contributed by atoms with E-state index in [1.807, 2.05) is 6.07 Å². The van der Waals surface area contributed by atoms with Crippen molar-refractivity contribution in [2.45, 2.75) is 90.5 Å². The van der Waals surface area contributed by atoms with E-state index in [1.165, 1.54) is 30.3 Å². The van der Waals surface area contributed by atoms with Gasteiger partial charge in [-0.05, 0) is 67.3 Å². The molecule has 2 aromatic carbocycles. The van der Waals surface area contributed by atoms with Crippen LogP contribution in [0.2, 0.25) is 0 Å². The number of para-hydroxylation sites is 2. The van der Waals surface area contributed by atoms with Crippen molar-refractivity contribution in [1.29, 1.82) is 0 Å². The molecule has 36 heavy (non-hydrogen) atoms. The summed E-state index contributed by atoms with van der Waals surface area (Å²) in [6, 6.07) is 16.9. The van der Waals surface area contributed by atoms with E-state index in [0.717, 1.165) is 68.7 Å². The molecule has 1 heterocycles. The van der Waals surface area contributed by atoms with Crippen molar-refractivity contribution in [3.63, 3.8) is 0 Å². The van der Waals surface area contributed by atoms with Crippen molar-refractivity contribution in [2.75, 3.05) is 13.2 Å². The van der Waals surface area contributed by atoms with E-state index < -0.39 is 0 Å². The number of hydrogen-bond donors (Lipinski definition) is 1. The summed E-state index contributed by atoms with van der Waals surface area (Å²) in [7, 11) is 0. The predicted octanol–water partition coefficient (Wildman–Crippen LogP) is 6.82. The van der Waals surface area contributed by atoms with E-state index in [2.05, 4.69) is 73.1 Å². The van der Waals surface area contributed by atoms with Gasteiger partial charge in [0.15, 0.2) is 0 Å². The van der Waals surface area contributed by atoms with Gasteiger partial charge < -0.3 is 14.6 Å². The number of aromatic nitrogens is 2. The molecule has 194 valence electrons. The van der Waals surface area contributed by atoms with Crippen LogP contribution in [0.15, 0.2) is 48.5 Å². The van der Waals surface area contributed by atoms with E-state index in [-0.39, 0.29) is 17.2 Å². The first-order valence-corrected chi connectivity index (χ1v) is 13.9. The fraction of sp³-hybridized carbons (Fsp3) is 0.548. The summed E-state index contributed by atoms with van der Waals surface area (Å²) in [6.45, 7) is 9.04. The Kier molecular flexibility index (Phi) is 9.06. The lowest BCUT2D eigenvalue weighted by Crippen LogP contribution is -2.32. The highest BCUT2D eigenvalue weighted by Crippen LogP contribution is 2.25. The number of benzene rings is 2. The van der Waals surface area contributed by atoms with Crippen molar-refractivity contribution >= 4 is 16.9 Å². The maximum atomic E-state index is 12.4. The van der Waals surface area contributed by atoms with Crippen LogP contribution in [0.4, 0.5) is 0 Å². The van der Waals surface area contributed by atoms with Gasteiger partial charge in [0.05, 0.1) is 17.6 Å². The number of fused-ring (bicyclic) bond motifs is 1. The normalized spacial score (nSPS) is 14.8. The van der Waals surface area contributed by atoms with Crippen molar-refractivity contribution in [3.8, 4) is 5.75 Å². The molecule has 1 aliphatic rings. The Bertz CT molecular complexity index is 1110. The summed E-state index contributed by atoms with van der Waals surface area (Å²) in [5.41, 5.74) is 3.72. The van der Waals surface area contributed by atoms with Gasteiger partial charge in [0, 0.05) is 25.4 Å². The third kappa shape index (κ3) is 7.11. The molecule has 0 aliphatic heterocycles. The Morgan fingerprint density at radius 1 is 1.00 bits per heavy atom. The SMILES string of the molecule is CC(C)(C)c1ccc(OCCCCn2c(CCCNC(=O)C3CCCCC3)nc3ccccc32)cc1. The average molecular weight is 490 g/mol. The summed E-state index contributed by atoms with van der Waals surface area (Å²) in [5, 5.41) is 3.17. The third-order valence-electron chi connectivity index (χ3n) is 7.35.